The van der Waals surface area contributed by atoms with Gasteiger partial charge in [-0.25, -0.2) is 8.42 Å². The monoisotopic (exact) mass is 459 g/mol. The smallest absolute Gasteiger partial charge is 0.290 e. The van der Waals surface area contributed by atoms with Crippen LogP contribution in [0.1, 0.15) is 35.0 Å². The Hall–Kier alpha value is -2.64. The Labute approximate surface area is 185 Å². The van der Waals surface area contributed by atoms with E-state index in [1.807, 2.05) is 19.1 Å². The Bertz CT molecular complexity index is 1320. The van der Waals surface area contributed by atoms with Gasteiger partial charge in [0.15, 0.2) is 21.0 Å². The van der Waals surface area contributed by atoms with E-state index in [0.29, 0.717) is 22.4 Å². The first-order chi connectivity index (χ1) is 14.8. The van der Waals surface area contributed by atoms with Gasteiger partial charge in [-0.3, -0.25) is 9.59 Å². The first-order valence-corrected chi connectivity index (χ1v) is 12.3. The first kappa shape index (κ1) is 21.6. The number of amides is 1. The summed E-state index contributed by atoms with van der Waals surface area (Å²) in [7, 11) is -3.22. The fourth-order valence-corrected chi connectivity index (χ4v) is 5.83. The normalized spacial score (nSPS) is 17.7. The molecule has 1 aliphatic rings. The van der Waals surface area contributed by atoms with Crippen molar-refractivity contribution in [2.24, 2.45) is 0 Å². The number of aryl methyl sites for hydroxylation is 1. The van der Waals surface area contributed by atoms with Gasteiger partial charge in [-0.05, 0) is 48.2 Å². The zero-order valence-electron chi connectivity index (χ0n) is 17.0. The summed E-state index contributed by atoms with van der Waals surface area (Å²) in [4.78, 5) is 27.6. The molecule has 0 aliphatic carbocycles. The third-order valence-electron chi connectivity index (χ3n) is 5.56. The van der Waals surface area contributed by atoms with Crippen molar-refractivity contribution in [3.05, 3.63) is 80.7 Å². The molecule has 1 saturated heterocycles. The molecule has 1 aromatic heterocycles. The number of carbonyl (C=O) groups is 1. The minimum Gasteiger partial charge on any atom is -0.451 e. The maximum absolute atomic E-state index is 13.4. The van der Waals surface area contributed by atoms with Gasteiger partial charge < -0.3 is 9.32 Å². The van der Waals surface area contributed by atoms with Crippen molar-refractivity contribution in [2.45, 2.75) is 32.4 Å². The van der Waals surface area contributed by atoms with E-state index in [1.165, 1.54) is 11.0 Å². The SMILES string of the molecule is CCc1ccc2oc(C(=O)N(Cc3cccc(Cl)c3)[C@H]3CCS(=O)(=O)C3)cc(=O)c2c1. The zero-order chi connectivity index (χ0) is 22.2. The largest absolute Gasteiger partial charge is 0.451 e. The molecule has 0 N–H and O–H groups in total. The summed E-state index contributed by atoms with van der Waals surface area (Å²) in [6, 6.07) is 13.0. The Balaban J connectivity index is 1.73. The number of rotatable bonds is 5. The van der Waals surface area contributed by atoms with E-state index in [9.17, 15) is 18.0 Å². The highest BCUT2D eigenvalue weighted by Gasteiger charge is 2.36. The van der Waals surface area contributed by atoms with E-state index < -0.39 is 21.8 Å². The van der Waals surface area contributed by atoms with Gasteiger partial charge in [0.1, 0.15) is 5.58 Å². The van der Waals surface area contributed by atoms with Crippen LogP contribution in [0.4, 0.5) is 0 Å². The third kappa shape index (κ3) is 4.67. The van der Waals surface area contributed by atoms with E-state index in [1.54, 1.807) is 30.3 Å². The Morgan fingerprint density at radius 3 is 2.65 bits per heavy atom. The first-order valence-electron chi connectivity index (χ1n) is 10.1. The zero-order valence-corrected chi connectivity index (χ0v) is 18.6. The molecule has 31 heavy (non-hydrogen) atoms. The lowest BCUT2D eigenvalue weighted by atomic mass is 10.1. The van der Waals surface area contributed by atoms with Crippen LogP contribution in [-0.2, 0) is 22.8 Å². The molecule has 162 valence electrons. The van der Waals surface area contributed by atoms with E-state index in [-0.39, 0.29) is 29.2 Å². The fourth-order valence-electron chi connectivity index (χ4n) is 3.89. The Kier molecular flexibility index (Phi) is 5.90. The second kappa shape index (κ2) is 8.48. The molecule has 0 saturated carbocycles. The number of hydrogen-bond acceptors (Lipinski definition) is 5. The number of hydrogen-bond donors (Lipinski definition) is 0. The minimum absolute atomic E-state index is 0.0262. The summed E-state index contributed by atoms with van der Waals surface area (Å²) in [6.45, 7) is 2.15. The second-order valence-corrected chi connectivity index (χ2v) is 10.4. The summed E-state index contributed by atoms with van der Waals surface area (Å²) < 4.78 is 29.9. The molecule has 0 radical (unpaired) electrons. The Morgan fingerprint density at radius 2 is 1.97 bits per heavy atom. The number of benzene rings is 2. The topological polar surface area (TPSA) is 84.7 Å². The molecule has 0 unspecified atom stereocenters. The number of fused-ring (bicyclic) bond motifs is 1. The standard InChI is InChI=1S/C23H22ClNO5S/c1-2-15-6-7-21-19(11-15)20(26)12-22(30-21)23(27)25(18-8-9-31(28,29)14-18)13-16-4-3-5-17(24)10-16/h3-7,10-12,18H,2,8-9,13-14H2,1H3/t18-/m0/s1. The van der Waals surface area contributed by atoms with Crippen LogP contribution in [0.2, 0.25) is 5.02 Å². The Morgan fingerprint density at radius 1 is 1.16 bits per heavy atom. The summed E-state index contributed by atoms with van der Waals surface area (Å²) in [5.74, 6) is -0.705. The quantitative estimate of drug-likeness (QED) is 0.578. The molecule has 4 rings (SSSR count). The molecule has 1 fully saturated rings. The average molecular weight is 460 g/mol. The third-order valence-corrected chi connectivity index (χ3v) is 7.55. The van der Waals surface area contributed by atoms with Crippen molar-refractivity contribution in [1.29, 1.82) is 0 Å². The van der Waals surface area contributed by atoms with Gasteiger partial charge in [0, 0.05) is 23.7 Å². The lowest BCUT2D eigenvalue weighted by Crippen LogP contribution is -2.40. The molecule has 6 nitrogen and oxygen atoms in total. The molecule has 3 aromatic rings. The molecule has 1 aliphatic heterocycles. The minimum atomic E-state index is -3.22. The van der Waals surface area contributed by atoms with Gasteiger partial charge in [-0.1, -0.05) is 36.7 Å². The van der Waals surface area contributed by atoms with Crippen LogP contribution in [0.15, 0.2) is 57.7 Å². The van der Waals surface area contributed by atoms with Gasteiger partial charge >= 0.3 is 0 Å². The molecule has 2 heterocycles. The van der Waals surface area contributed by atoms with E-state index in [0.717, 1.165) is 17.5 Å². The molecular formula is C23H22ClNO5S. The second-order valence-electron chi connectivity index (χ2n) is 7.78. The number of nitrogens with zero attached hydrogens (tertiary/aromatic N) is 1. The van der Waals surface area contributed by atoms with E-state index in [4.69, 9.17) is 16.0 Å². The predicted molar refractivity (Wildman–Crippen MR) is 120 cm³/mol. The van der Waals surface area contributed by atoms with Gasteiger partial charge in [0.25, 0.3) is 5.91 Å². The van der Waals surface area contributed by atoms with Crippen molar-refractivity contribution in [3.63, 3.8) is 0 Å². The summed E-state index contributed by atoms with van der Waals surface area (Å²) in [5, 5.41) is 0.939. The average Bonchev–Trinajstić information content (AvgIpc) is 3.10. The van der Waals surface area contributed by atoms with Crippen molar-refractivity contribution in [1.82, 2.24) is 4.90 Å². The van der Waals surface area contributed by atoms with Gasteiger partial charge in [0.05, 0.1) is 16.9 Å². The molecule has 1 atom stereocenters. The van der Waals surface area contributed by atoms with Gasteiger partial charge in [-0.15, -0.1) is 0 Å². The molecular weight excluding hydrogens is 438 g/mol. The van der Waals surface area contributed by atoms with Crippen molar-refractivity contribution in [2.75, 3.05) is 11.5 Å². The van der Waals surface area contributed by atoms with E-state index in [2.05, 4.69) is 0 Å². The maximum atomic E-state index is 13.4. The van der Waals surface area contributed by atoms with Gasteiger partial charge in [-0.2, -0.15) is 0 Å². The summed E-state index contributed by atoms with van der Waals surface area (Å²) in [5.41, 5.74) is 1.79. The van der Waals surface area contributed by atoms with Crippen LogP contribution in [-0.4, -0.2) is 36.8 Å². The molecule has 0 bridgehead atoms. The fraction of sp³-hybridized carbons (Fsp3) is 0.304. The van der Waals surface area contributed by atoms with Crippen LogP contribution in [0, 0.1) is 0 Å². The van der Waals surface area contributed by atoms with Crippen molar-refractivity contribution >= 4 is 38.3 Å². The van der Waals surface area contributed by atoms with Crippen molar-refractivity contribution < 1.29 is 17.6 Å². The highest BCUT2D eigenvalue weighted by molar-refractivity contribution is 7.91. The molecule has 2 aromatic carbocycles. The lowest BCUT2D eigenvalue weighted by Gasteiger charge is -2.28. The number of halogens is 1. The van der Waals surface area contributed by atoms with Crippen LogP contribution in [0.5, 0.6) is 0 Å². The van der Waals surface area contributed by atoms with E-state index >= 15 is 0 Å². The lowest BCUT2D eigenvalue weighted by molar-refractivity contribution is 0.0648. The molecule has 1 amide bonds. The highest BCUT2D eigenvalue weighted by Crippen LogP contribution is 2.24. The highest BCUT2D eigenvalue weighted by atomic mass is 35.5. The van der Waals surface area contributed by atoms with Crippen molar-refractivity contribution in [3.8, 4) is 0 Å². The van der Waals surface area contributed by atoms with Crippen LogP contribution < -0.4 is 5.43 Å². The van der Waals surface area contributed by atoms with Gasteiger partial charge in [0.2, 0.25) is 0 Å². The van der Waals surface area contributed by atoms with Crippen LogP contribution in [0.25, 0.3) is 11.0 Å². The van der Waals surface area contributed by atoms with Crippen LogP contribution >= 0.6 is 11.6 Å². The number of sulfone groups is 1. The maximum Gasteiger partial charge on any atom is 0.290 e. The van der Waals surface area contributed by atoms with Crippen LogP contribution in [0.3, 0.4) is 0 Å². The molecule has 0 spiro atoms. The summed E-state index contributed by atoms with van der Waals surface area (Å²) in [6.07, 6.45) is 1.12. The number of carbonyl (C=O) groups excluding carboxylic acids is 1. The molecule has 8 heteroatoms. The summed E-state index contributed by atoms with van der Waals surface area (Å²) >= 11 is 6.08. The predicted octanol–water partition coefficient (Wildman–Crippen LogP) is 3.84.